The Bertz CT molecular complexity index is 1200. The fraction of sp³-hybridized carbons (Fsp3) is 0.190. The Labute approximate surface area is 172 Å². The number of para-hydroxylation sites is 1. The number of anilines is 1. The molecule has 1 unspecified atom stereocenters. The molecule has 0 aliphatic carbocycles. The van der Waals surface area contributed by atoms with Crippen LogP contribution >= 0.6 is 23.4 Å². The van der Waals surface area contributed by atoms with E-state index in [-0.39, 0.29) is 11.2 Å². The van der Waals surface area contributed by atoms with E-state index in [0.717, 1.165) is 33.4 Å². The molecular formula is C21H19ClN4OS. The van der Waals surface area contributed by atoms with Gasteiger partial charge in [-0.25, -0.2) is 0 Å². The highest BCUT2D eigenvalue weighted by molar-refractivity contribution is 8.00. The monoisotopic (exact) mass is 410 g/mol. The van der Waals surface area contributed by atoms with Gasteiger partial charge in [0.05, 0.1) is 10.8 Å². The van der Waals surface area contributed by atoms with Gasteiger partial charge in [-0.1, -0.05) is 47.6 Å². The molecule has 0 aliphatic rings. The number of carbonyl (C=O) groups excluding carboxylic acids is 1. The fourth-order valence-electron chi connectivity index (χ4n) is 3.14. The first-order chi connectivity index (χ1) is 13.5. The van der Waals surface area contributed by atoms with Gasteiger partial charge in [0.2, 0.25) is 5.91 Å². The van der Waals surface area contributed by atoms with Crippen LogP contribution in [0.25, 0.3) is 16.6 Å². The molecule has 0 fully saturated rings. The number of aromatic nitrogens is 3. The number of nitrogens with zero attached hydrogens (tertiary/aromatic N) is 3. The van der Waals surface area contributed by atoms with Crippen molar-refractivity contribution in [3.8, 4) is 0 Å². The van der Waals surface area contributed by atoms with Gasteiger partial charge in [-0.15, -0.1) is 10.2 Å². The van der Waals surface area contributed by atoms with E-state index in [9.17, 15) is 4.79 Å². The molecular weight excluding hydrogens is 392 g/mol. The number of fused-ring (bicyclic) bond motifs is 3. The van der Waals surface area contributed by atoms with Crippen molar-refractivity contribution in [1.29, 1.82) is 0 Å². The summed E-state index contributed by atoms with van der Waals surface area (Å²) in [5, 5.41) is 13.7. The lowest BCUT2D eigenvalue weighted by Gasteiger charge is -2.14. The molecule has 0 saturated carbocycles. The second-order valence-electron chi connectivity index (χ2n) is 6.68. The number of hydrogen-bond donors (Lipinski definition) is 1. The Hall–Kier alpha value is -2.57. The molecule has 0 bridgehead atoms. The Morgan fingerprint density at radius 2 is 1.93 bits per heavy atom. The molecule has 0 radical (unpaired) electrons. The van der Waals surface area contributed by atoms with Gasteiger partial charge >= 0.3 is 0 Å². The summed E-state index contributed by atoms with van der Waals surface area (Å²) >= 11 is 7.53. The van der Waals surface area contributed by atoms with Crippen LogP contribution in [0.3, 0.4) is 0 Å². The summed E-state index contributed by atoms with van der Waals surface area (Å²) in [6.07, 6.45) is 0. The van der Waals surface area contributed by atoms with Crippen LogP contribution in [0.4, 0.5) is 5.69 Å². The van der Waals surface area contributed by atoms with E-state index in [1.54, 1.807) is 6.07 Å². The number of thioether (sulfide) groups is 1. The molecule has 28 heavy (non-hydrogen) atoms. The first kappa shape index (κ1) is 18.8. The smallest absolute Gasteiger partial charge is 0.237 e. The fourth-order valence-corrected chi connectivity index (χ4v) is 4.18. The summed E-state index contributed by atoms with van der Waals surface area (Å²) in [5.74, 6) is -0.108. The number of pyridine rings is 1. The molecule has 4 rings (SSSR count). The zero-order chi connectivity index (χ0) is 19.8. The van der Waals surface area contributed by atoms with Crippen LogP contribution in [-0.2, 0) is 4.79 Å². The average molecular weight is 411 g/mol. The van der Waals surface area contributed by atoms with Crippen LogP contribution in [-0.4, -0.2) is 25.8 Å². The Balaban J connectivity index is 1.64. The Morgan fingerprint density at radius 3 is 2.75 bits per heavy atom. The van der Waals surface area contributed by atoms with E-state index >= 15 is 0 Å². The molecule has 1 N–H and O–H groups in total. The molecule has 7 heteroatoms. The van der Waals surface area contributed by atoms with E-state index in [1.807, 2.05) is 54.6 Å². The van der Waals surface area contributed by atoms with Gasteiger partial charge in [-0.2, -0.15) is 0 Å². The third-order valence-corrected chi connectivity index (χ3v) is 6.20. The molecule has 2 heterocycles. The van der Waals surface area contributed by atoms with Crippen LogP contribution < -0.4 is 5.32 Å². The molecule has 2 aromatic heterocycles. The lowest BCUT2D eigenvalue weighted by Crippen LogP contribution is -2.23. The second kappa shape index (κ2) is 7.45. The molecule has 5 nitrogen and oxygen atoms in total. The van der Waals surface area contributed by atoms with Crippen molar-refractivity contribution in [2.75, 3.05) is 5.32 Å². The van der Waals surface area contributed by atoms with E-state index in [4.69, 9.17) is 11.6 Å². The summed E-state index contributed by atoms with van der Waals surface area (Å²) in [6, 6.07) is 15.6. The number of aryl methyl sites for hydroxylation is 1. The maximum atomic E-state index is 12.7. The van der Waals surface area contributed by atoms with Crippen LogP contribution in [0, 0.1) is 13.8 Å². The number of rotatable bonds is 4. The SMILES string of the molecule is Cc1c(Cl)cccc1NC(=O)C(C)Sc1nnc2cc(C)c3ccccc3n12. The number of hydrogen-bond acceptors (Lipinski definition) is 4. The molecule has 1 atom stereocenters. The van der Waals surface area contributed by atoms with Crippen molar-refractivity contribution in [1.82, 2.24) is 14.6 Å². The van der Waals surface area contributed by atoms with Crippen molar-refractivity contribution in [3.05, 3.63) is 64.7 Å². The van der Waals surface area contributed by atoms with Crippen LogP contribution in [0.2, 0.25) is 5.02 Å². The minimum atomic E-state index is -0.356. The van der Waals surface area contributed by atoms with Gasteiger partial charge < -0.3 is 5.32 Å². The van der Waals surface area contributed by atoms with Gasteiger partial charge in [0.25, 0.3) is 0 Å². The zero-order valence-corrected chi connectivity index (χ0v) is 17.3. The third kappa shape index (κ3) is 3.34. The number of carbonyl (C=O) groups is 1. The lowest BCUT2D eigenvalue weighted by atomic mass is 10.1. The molecule has 1 amide bonds. The quantitative estimate of drug-likeness (QED) is 0.465. The molecule has 142 valence electrons. The predicted molar refractivity (Wildman–Crippen MR) is 115 cm³/mol. The Morgan fingerprint density at radius 1 is 1.14 bits per heavy atom. The largest absolute Gasteiger partial charge is 0.325 e. The highest BCUT2D eigenvalue weighted by atomic mass is 35.5. The summed E-state index contributed by atoms with van der Waals surface area (Å²) < 4.78 is 2.00. The highest BCUT2D eigenvalue weighted by Gasteiger charge is 2.20. The van der Waals surface area contributed by atoms with E-state index in [0.29, 0.717) is 10.2 Å². The van der Waals surface area contributed by atoms with E-state index in [1.165, 1.54) is 11.8 Å². The van der Waals surface area contributed by atoms with Crippen molar-refractivity contribution in [3.63, 3.8) is 0 Å². The third-order valence-electron chi connectivity index (χ3n) is 4.75. The molecule has 0 aliphatic heterocycles. The lowest BCUT2D eigenvalue weighted by molar-refractivity contribution is -0.115. The van der Waals surface area contributed by atoms with Crippen molar-refractivity contribution >= 4 is 51.5 Å². The zero-order valence-electron chi connectivity index (χ0n) is 15.7. The van der Waals surface area contributed by atoms with E-state index in [2.05, 4.69) is 28.5 Å². The molecule has 0 saturated heterocycles. The summed E-state index contributed by atoms with van der Waals surface area (Å²) in [7, 11) is 0. The number of amides is 1. The molecule has 0 spiro atoms. The van der Waals surface area contributed by atoms with Crippen LogP contribution in [0.5, 0.6) is 0 Å². The number of nitrogens with one attached hydrogen (secondary N) is 1. The molecule has 4 aromatic rings. The maximum absolute atomic E-state index is 12.7. The minimum Gasteiger partial charge on any atom is -0.325 e. The molecule has 2 aromatic carbocycles. The summed E-state index contributed by atoms with van der Waals surface area (Å²) in [6.45, 7) is 5.81. The van der Waals surface area contributed by atoms with Gasteiger partial charge in [-0.3, -0.25) is 9.20 Å². The van der Waals surface area contributed by atoms with Gasteiger partial charge in [-0.05, 0) is 56.2 Å². The first-order valence-corrected chi connectivity index (χ1v) is 10.2. The van der Waals surface area contributed by atoms with Gasteiger partial charge in [0.15, 0.2) is 10.8 Å². The highest BCUT2D eigenvalue weighted by Crippen LogP contribution is 2.29. The topological polar surface area (TPSA) is 59.3 Å². The van der Waals surface area contributed by atoms with Gasteiger partial charge in [0, 0.05) is 16.1 Å². The Kier molecular flexibility index (Phi) is 5.00. The summed E-state index contributed by atoms with van der Waals surface area (Å²) in [4.78, 5) is 12.7. The van der Waals surface area contributed by atoms with Gasteiger partial charge in [0.1, 0.15) is 0 Å². The first-order valence-electron chi connectivity index (χ1n) is 8.92. The normalized spacial score (nSPS) is 12.4. The predicted octanol–water partition coefficient (Wildman–Crippen LogP) is 5.27. The van der Waals surface area contributed by atoms with Crippen LogP contribution in [0.1, 0.15) is 18.1 Å². The van der Waals surface area contributed by atoms with Crippen LogP contribution in [0.15, 0.2) is 53.7 Å². The number of halogens is 1. The second-order valence-corrected chi connectivity index (χ2v) is 8.40. The van der Waals surface area contributed by atoms with Crippen molar-refractivity contribution < 1.29 is 4.79 Å². The minimum absolute atomic E-state index is 0.108. The maximum Gasteiger partial charge on any atom is 0.237 e. The van der Waals surface area contributed by atoms with Crippen molar-refractivity contribution in [2.45, 2.75) is 31.2 Å². The summed E-state index contributed by atoms with van der Waals surface area (Å²) in [5.41, 5.74) is 4.52. The van der Waals surface area contributed by atoms with Crippen molar-refractivity contribution in [2.24, 2.45) is 0 Å². The van der Waals surface area contributed by atoms with E-state index < -0.39 is 0 Å². The standard InChI is InChI=1S/C21H19ClN4OS/c1-12-11-19-24-25-21(26(19)18-10-5-4-7-15(12)18)28-14(3)20(27)23-17-9-6-8-16(22)13(17)2/h4-11,14H,1-3H3,(H,23,27). The number of benzene rings is 2. The average Bonchev–Trinajstić information content (AvgIpc) is 3.08.